The number of amides is 1. The molecule has 0 aliphatic carbocycles. The van der Waals surface area contributed by atoms with Crippen LogP contribution in [0.15, 0.2) is 36.2 Å². The number of rotatable bonds is 4. The molecule has 1 aliphatic heterocycles. The van der Waals surface area contributed by atoms with Crippen molar-refractivity contribution >= 4 is 46.6 Å². The molecule has 1 aromatic rings. The van der Waals surface area contributed by atoms with Gasteiger partial charge in [0.1, 0.15) is 12.4 Å². The number of hydrogen-bond acceptors (Lipinski definition) is 4. The molecule has 0 spiro atoms. The van der Waals surface area contributed by atoms with Crippen molar-refractivity contribution in [3.05, 3.63) is 41.7 Å². The lowest BCUT2D eigenvalue weighted by Crippen LogP contribution is -2.53. The average Bonchev–Trinajstić information content (AvgIpc) is 2.90. The normalized spacial score (nSPS) is 20.4. The minimum Gasteiger partial charge on any atom is -0.445 e. The predicted octanol–water partition coefficient (Wildman–Crippen LogP) is 5.32. The van der Waals surface area contributed by atoms with Crippen molar-refractivity contribution in [2.24, 2.45) is 5.41 Å². The summed E-state index contributed by atoms with van der Waals surface area (Å²) in [4.78, 5) is 12.2. The largest absolute Gasteiger partial charge is 0.445 e. The monoisotopic (exact) mass is 433 g/mol. The maximum atomic E-state index is 12.2. The standard InChI is InChI=1S/C19H26Cl3N3O2/c1-6-13-7-9-14(10-8-13)25-15(11-18(5,24-25)17(2,3)4)23-16(26)27-12-19(20,21)22/h7-11,24H,6,12H2,1-5H3,(H,23,26). The van der Waals surface area contributed by atoms with Gasteiger partial charge in [-0.05, 0) is 42.5 Å². The zero-order valence-corrected chi connectivity index (χ0v) is 18.5. The van der Waals surface area contributed by atoms with Crippen LogP contribution < -0.4 is 15.8 Å². The van der Waals surface area contributed by atoms with Crippen LogP contribution >= 0.6 is 34.8 Å². The van der Waals surface area contributed by atoms with Crippen LogP contribution in [-0.4, -0.2) is 22.0 Å². The fraction of sp³-hybridized carbons (Fsp3) is 0.526. The molecule has 0 fully saturated rings. The first-order valence-electron chi connectivity index (χ1n) is 8.75. The van der Waals surface area contributed by atoms with Crippen LogP contribution in [-0.2, 0) is 11.2 Å². The fourth-order valence-electron chi connectivity index (χ4n) is 2.51. The first-order valence-corrected chi connectivity index (χ1v) is 9.88. The van der Waals surface area contributed by atoms with E-state index in [4.69, 9.17) is 39.5 Å². The maximum absolute atomic E-state index is 12.2. The highest BCUT2D eigenvalue weighted by Crippen LogP contribution is 2.38. The number of hydrogen-bond donors (Lipinski definition) is 2. The Balaban J connectivity index is 2.26. The zero-order valence-electron chi connectivity index (χ0n) is 16.2. The lowest BCUT2D eigenvalue weighted by molar-refractivity contribution is 0.151. The number of aryl methyl sites for hydroxylation is 1. The molecule has 0 bridgehead atoms. The van der Waals surface area contributed by atoms with E-state index in [9.17, 15) is 4.79 Å². The van der Waals surface area contributed by atoms with Crippen molar-refractivity contribution in [3.8, 4) is 0 Å². The average molecular weight is 435 g/mol. The van der Waals surface area contributed by atoms with E-state index in [1.54, 1.807) is 0 Å². The van der Waals surface area contributed by atoms with Gasteiger partial charge in [-0.15, -0.1) is 0 Å². The van der Waals surface area contributed by atoms with Crippen LogP contribution in [0.2, 0.25) is 0 Å². The summed E-state index contributed by atoms with van der Waals surface area (Å²) in [6.07, 6.45) is 2.23. The van der Waals surface area contributed by atoms with Gasteiger partial charge in [0.05, 0.1) is 11.2 Å². The summed E-state index contributed by atoms with van der Waals surface area (Å²) in [5.74, 6) is 0.561. The van der Waals surface area contributed by atoms with Crippen molar-refractivity contribution in [1.29, 1.82) is 0 Å². The lowest BCUT2D eigenvalue weighted by atomic mass is 9.76. The highest BCUT2D eigenvalue weighted by molar-refractivity contribution is 6.67. The van der Waals surface area contributed by atoms with Gasteiger partial charge in [0.15, 0.2) is 0 Å². The third kappa shape index (κ3) is 5.67. The molecule has 1 atom stereocenters. The molecule has 2 N–H and O–H groups in total. The summed E-state index contributed by atoms with van der Waals surface area (Å²) in [6.45, 7) is 10.2. The smallest absolute Gasteiger partial charge is 0.412 e. The van der Waals surface area contributed by atoms with Gasteiger partial charge in [0, 0.05) is 0 Å². The second-order valence-electron chi connectivity index (χ2n) is 7.77. The number of nitrogens with zero attached hydrogens (tertiary/aromatic N) is 1. The summed E-state index contributed by atoms with van der Waals surface area (Å²) in [5.41, 5.74) is 5.10. The highest BCUT2D eigenvalue weighted by atomic mass is 35.6. The van der Waals surface area contributed by atoms with Gasteiger partial charge in [-0.3, -0.25) is 10.3 Å². The predicted molar refractivity (Wildman–Crippen MR) is 112 cm³/mol. The maximum Gasteiger partial charge on any atom is 0.412 e. The van der Waals surface area contributed by atoms with Crippen molar-refractivity contribution in [3.63, 3.8) is 0 Å². The number of ether oxygens (including phenoxy) is 1. The Morgan fingerprint density at radius 1 is 1.22 bits per heavy atom. The lowest BCUT2D eigenvalue weighted by Gasteiger charge is -2.38. The molecule has 1 aliphatic rings. The molecule has 8 heteroatoms. The number of benzene rings is 1. The molecule has 1 amide bonds. The zero-order chi connectivity index (χ0) is 20.5. The number of alkyl halides is 3. The van der Waals surface area contributed by atoms with E-state index in [0.29, 0.717) is 5.82 Å². The minimum absolute atomic E-state index is 0.112. The minimum atomic E-state index is -1.66. The Labute approximate surface area is 175 Å². The Hall–Kier alpha value is -1.14. The molecule has 2 rings (SSSR count). The van der Waals surface area contributed by atoms with E-state index in [1.807, 2.05) is 23.2 Å². The summed E-state index contributed by atoms with van der Waals surface area (Å²) < 4.78 is 3.34. The number of hydrazine groups is 1. The second-order valence-corrected chi connectivity index (χ2v) is 10.3. The van der Waals surface area contributed by atoms with Gasteiger partial charge in [0.25, 0.3) is 0 Å². The van der Waals surface area contributed by atoms with E-state index in [-0.39, 0.29) is 12.0 Å². The molecule has 27 heavy (non-hydrogen) atoms. The van der Waals surface area contributed by atoms with Gasteiger partial charge in [-0.2, -0.15) is 0 Å². The summed E-state index contributed by atoms with van der Waals surface area (Å²) in [6, 6.07) is 8.12. The van der Waals surface area contributed by atoms with E-state index in [0.717, 1.165) is 12.1 Å². The highest BCUT2D eigenvalue weighted by Gasteiger charge is 2.43. The van der Waals surface area contributed by atoms with Crippen molar-refractivity contribution < 1.29 is 9.53 Å². The quantitative estimate of drug-likeness (QED) is 0.630. The third-order valence-corrected chi connectivity index (χ3v) is 5.10. The Morgan fingerprint density at radius 2 is 1.81 bits per heavy atom. The number of halogens is 3. The van der Waals surface area contributed by atoms with E-state index in [1.165, 1.54) is 5.56 Å². The van der Waals surface area contributed by atoms with Crippen molar-refractivity contribution in [1.82, 2.24) is 10.7 Å². The van der Waals surface area contributed by atoms with Crippen molar-refractivity contribution in [2.75, 3.05) is 11.6 Å². The second kappa shape index (κ2) is 8.08. The van der Waals surface area contributed by atoms with Gasteiger partial charge in [0.2, 0.25) is 3.79 Å². The fourth-order valence-corrected chi connectivity index (χ4v) is 2.67. The molecule has 0 saturated heterocycles. The first kappa shape index (κ1) is 22.2. The van der Waals surface area contributed by atoms with E-state index < -0.39 is 15.4 Å². The molecular formula is C19H26Cl3N3O2. The van der Waals surface area contributed by atoms with E-state index in [2.05, 4.69) is 57.5 Å². The summed E-state index contributed by atoms with van der Waals surface area (Å²) >= 11 is 16.9. The van der Waals surface area contributed by atoms with E-state index >= 15 is 0 Å². The third-order valence-electron chi connectivity index (χ3n) is 4.77. The van der Waals surface area contributed by atoms with Gasteiger partial charge >= 0.3 is 6.09 Å². The Bertz CT molecular complexity index is 708. The molecular weight excluding hydrogens is 409 g/mol. The number of alkyl carbamates (subject to hydrolysis) is 1. The summed E-state index contributed by atoms with van der Waals surface area (Å²) in [5, 5.41) is 4.58. The SMILES string of the molecule is CCc1ccc(N2NC(C)(C(C)(C)C)C=C2NC(=O)OCC(Cl)(Cl)Cl)cc1. The Morgan fingerprint density at radius 3 is 2.30 bits per heavy atom. The number of anilines is 1. The molecule has 1 unspecified atom stereocenters. The van der Waals surface area contributed by atoms with Gasteiger partial charge < -0.3 is 4.74 Å². The van der Waals surface area contributed by atoms with Crippen LogP contribution in [0.25, 0.3) is 0 Å². The molecule has 0 aromatic heterocycles. The number of nitrogens with one attached hydrogen (secondary N) is 2. The number of carbonyl (C=O) groups is 1. The molecule has 5 nitrogen and oxygen atoms in total. The van der Waals surface area contributed by atoms with Gasteiger partial charge in [-0.1, -0.05) is 74.6 Å². The topological polar surface area (TPSA) is 53.6 Å². The summed E-state index contributed by atoms with van der Waals surface area (Å²) in [7, 11) is 0. The van der Waals surface area contributed by atoms with Crippen LogP contribution in [0.4, 0.5) is 10.5 Å². The van der Waals surface area contributed by atoms with Crippen LogP contribution in [0.5, 0.6) is 0 Å². The molecule has 150 valence electrons. The molecule has 0 saturated carbocycles. The van der Waals surface area contributed by atoms with Crippen molar-refractivity contribution in [2.45, 2.75) is 50.4 Å². The number of carbonyl (C=O) groups excluding carboxylic acids is 1. The van der Waals surface area contributed by atoms with Gasteiger partial charge in [-0.25, -0.2) is 10.2 Å². The molecule has 1 aromatic carbocycles. The van der Waals surface area contributed by atoms with Crippen LogP contribution in [0.1, 0.15) is 40.2 Å². The Kier molecular flexibility index (Phi) is 6.63. The molecule has 1 heterocycles. The van der Waals surface area contributed by atoms with Crippen LogP contribution in [0, 0.1) is 5.41 Å². The first-order chi connectivity index (χ1) is 12.3. The van der Waals surface area contributed by atoms with Crippen LogP contribution in [0.3, 0.4) is 0 Å². The molecule has 0 radical (unpaired) electrons.